The van der Waals surface area contributed by atoms with Crippen molar-refractivity contribution in [2.45, 2.75) is 25.6 Å². The van der Waals surface area contributed by atoms with Gasteiger partial charge in [-0.15, -0.1) is 0 Å². The van der Waals surface area contributed by atoms with Crippen LogP contribution in [0.5, 0.6) is 0 Å². The fourth-order valence-corrected chi connectivity index (χ4v) is 1.53. The molecule has 0 heterocycles. The second-order valence-electron chi connectivity index (χ2n) is 2.98. The number of sulfonamides is 1. The molecule has 0 amide bonds. The number of hydrogen-bond acceptors (Lipinski definition) is 3. The molecule has 0 aliphatic rings. The number of alkyl halides is 2. The van der Waals surface area contributed by atoms with E-state index in [1.165, 1.54) is 18.6 Å². The van der Waals surface area contributed by atoms with E-state index < -0.39 is 33.7 Å². The molecule has 0 aliphatic carbocycles. The highest BCUT2D eigenvalue weighted by Gasteiger charge is 2.32. The number of halogens is 2. The average molecular weight is 231 g/mol. The Hall–Kier alpha value is -0.760. The molecular formula is C6H11F2NO4S. The molecule has 0 rings (SSSR count). The molecule has 84 valence electrons. The highest BCUT2D eigenvalue weighted by molar-refractivity contribution is 7.89. The molecule has 0 aliphatic heterocycles. The fourth-order valence-electron chi connectivity index (χ4n) is 0.700. The van der Waals surface area contributed by atoms with Crippen LogP contribution < -0.4 is 4.72 Å². The zero-order valence-corrected chi connectivity index (χ0v) is 8.38. The zero-order chi connectivity index (χ0) is 11.5. The summed E-state index contributed by atoms with van der Waals surface area (Å²) in [6.45, 7) is 2.82. The third-order valence-electron chi connectivity index (χ3n) is 1.46. The second kappa shape index (κ2) is 4.65. The van der Waals surface area contributed by atoms with Crippen molar-refractivity contribution in [1.82, 2.24) is 4.72 Å². The number of aliphatic carboxylic acids is 1. The Balaban J connectivity index is 4.71. The minimum atomic E-state index is -4.85. The Kier molecular flexibility index (Phi) is 4.40. The number of rotatable bonds is 5. The van der Waals surface area contributed by atoms with Crippen molar-refractivity contribution in [2.75, 3.05) is 0 Å². The molecule has 2 N–H and O–H groups in total. The van der Waals surface area contributed by atoms with Crippen molar-refractivity contribution in [3.63, 3.8) is 0 Å². The monoisotopic (exact) mass is 231 g/mol. The number of nitrogens with one attached hydrogen (secondary N) is 1. The molecule has 0 unspecified atom stereocenters. The molecule has 1 atom stereocenters. The summed E-state index contributed by atoms with van der Waals surface area (Å²) in [4.78, 5) is 10.5. The lowest BCUT2D eigenvalue weighted by molar-refractivity contribution is -0.140. The van der Waals surface area contributed by atoms with Crippen LogP contribution in [0.15, 0.2) is 0 Å². The summed E-state index contributed by atoms with van der Waals surface area (Å²) >= 11 is 0. The average Bonchev–Trinajstić information content (AvgIpc) is 1.98. The van der Waals surface area contributed by atoms with Crippen molar-refractivity contribution in [3.8, 4) is 0 Å². The summed E-state index contributed by atoms with van der Waals surface area (Å²) in [5.41, 5.74) is 0. The Bertz CT molecular complexity index is 301. The standard InChI is InChI=1S/C6H11F2NO4S/c1-3(2)4(5(10)11)9-14(12,13)6(7)8/h3-4,6,9H,1-2H3,(H,10,11)/t4-/m1/s1. The van der Waals surface area contributed by atoms with E-state index in [4.69, 9.17) is 5.11 Å². The van der Waals surface area contributed by atoms with E-state index >= 15 is 0 Å². The molecule has 0 saturated carbocycles. The van der Waals surface area contributed by atoms with E-state index in [0.717, 1.165) is 0 Å². The maximum absolute atomic E-state index is 11.9. The van der Waals surface area contributed by atoms with Gasteiger partial charge in [0.05, 0.1) is 0 Å². The van der Waals surface area contributed by atoms with Crippen molar-refractivity contribution >= 4 is 16.0 Å². The smallest absolute Gasteiger partial charge is 0.350 e. The molecule has 0 bridgehead atoms. The molecule has 0 saturated heterocycles. The first kappa shape index (κ1) is 13.2. The first-order chi connectivity index (χ1) is 6.18. The SMILES string of the molecule is CC(C)[C@@H](NS(=O)(=O)C(F)F)C(=O)O. The van der Waals surface area contributed by atoms with Crippen LogP contribution in [0, 0.1) is 5.92 Å². The van der Waals surface area contributed by atoms with Gasteiger partial charge in [-0.05, 0) is 5.92 Å². The maximum atomic E-state index is 11.9. The Morgan fingerprint density at radius 3 is 2.00 bits per heavy atom. The summed E-state index contributed by atoms with van der Waals surface area (Å²) < 4.78 is 46.4. The molecule has 0 spiro atoms. The summed E-state index contributed by atoms with van der Waals surface area (Å²) in [6.07, 6.45) is 0. The van der Waals surface area contributed by atoms with E-state index in [0.29, 0.717) is 0 Å². The van der Waals surface area contributed by atoms with Crippen LogP contribution >= 0.6 is 0 Å². The molecular weight excluding hydrogens is 220 g/mol. The number of carboxylic acids is 1. The fraction of sp³-hybridized carbons (Fsp3) is 0.833. The first-order valence-electron chi connectivity index (χ1n) is 3.70. The highest BCUT2D eigenvalue weighted by atomic mass is 32.2. The van der Waals surface area contributed by atoms with Gasteiger partial charge in [0.1, 0.15) is 6.04 Å². The number of hydrogen-bond donors (Lipinski definition) is 2. The van der Waals surface area contributed by atoms with Gasteiger partial charge in [-0.3, -0.25) is 4.79 Å². The number of carbonyl (C=O) groups is 1. The van der Waals surface area contributed by atoms with Crippen LogP contribution in [-0.2, 0) is 14.8 Å². The second-order valence-corrected chi connectivity index (χ2v) is 4.67. The van der Waals surface area contributed by atoms with Gasteiger partial charge in [0.15, 0.2) is 0 Å². The minimum absolute atomic E-state index is 0.610. The van der Waals surface area contributed by atoms with Crippen molar-refractivity contribution in [3.05, 3.63) is 0 Å². The van der Waals surface area contributed by atoms with Gasteiger partial charge in [0.2, 0.25) is 0 Å². The summed E-state index contributed by atoms with van der Waals surface area (Å²) in [5.74, 6) is -5.71. The Morgan fingerprint density at radius 2 is 1.79 bits per heavy atom. The summed E-state index contributed by atoms with van der Waals surface area (Å²) in [6, 6.07) is -1.53. The third kappa shape index (κ3) is 3.54. The predicted molar refractivity (Wildman–Crippen MR) is 44.3 cm³/mol. The highest BCUT2D eigenvalue weighted by Crippen LogP contribution is 2.08. The molecule has 14 heavy (non-hydrogen) atoms. The normalized spacial score (nSPS) is 14.7. The van der Waals surface area contributed by atoms with Gasteiger partial charge in [0.25, 0.3) is 10.0 Å². The number of carboxylic acid groups (broad SMARTS) is 1. The first-order valence-corrected chi connectivity index (χ1v) is 5.25. The van der Waals surface area contributed by atoms with Gasteiger partial charge in [0, 0.05) is 0 Å². The molecule has 5 nitrogen and oxygen atoms in total. The van der Waals surface area contributed by atoms with E-state index in [2.05, 4.69) is 0 Å². The molecule has 0 aromatic carbocycles. The van der Waals surface area contributed by atoms with E-state index in [1.54, 1.807) is 0 Å². The van der Waals surface area contributed by atoms with Gasteiger partial charge in [-0.2, -0.15) is 13.5 Å². The third-order valence-corrected chi connectivity index (χ3v) is 2.51. The van der Waals surface area contributed by atoms with E-state index in [9.17, 15) is 22.0 Å². The largest absolute Gasteiger partial charge is 0.480 e. The molecule has 0 radical (unpaired) electrons. The lowest BCUT2D eigenvalue weighted by atomic mass is 10.1. The lowest BCUT2D eigenvalue weighted by Gasteiger charge is -2.17. The van der Waals surface area contributed by atoms with Crippen LogP contribution in [0.1, 0.15) is 13.8 Å². The lowest BCUT2D eigenvalue weighted by Crippen LogP contribution is -2.46. The molecule has 8 heteroatoms. The van der Waals surface area contributed by atoms with Gasteiger partial charge < -0.3 is 5.11 Å². The minimum Gasteiger partial charge on any atom is -0.480 e. The Morgan fingerprint density at radius 1 is 1.36 bits per heavy atom. The van der Waals surface area contributed by atoms with Crippen LogP contribution in [0.3, 0.4) is 0 Å². The van der Waals surface area contributed by atoms with Crippen molar-refractivity contribution in [2.24, 2.45) is 5.92 Å². The van der Waals surface area contributed by atoms with Gasteiger partial charge >= 0.3 is 11.7 Å². The van der Waals surface area contributed by atoms with Crippen LogP contribution in [0.4, 0.5) is 8.78 Å². The quantitative estimate of drug-likeness (QED) is 0.709. The van der Waals surface area contributed by atoms with Crippen LogP contribution in [0.2, 0.25) is 0 Å². The van der Waals surface area contributed by atoms with Crippen LogP contribution in [-0.4, -0.2) is 31.3 Å². The molecule has 0 aromatic rings. The zero-order valence-electron chi connectivity index (χ0n) is 7.57. The molecule has 0 fully saturated rings. The van der Waals surface area contributed by atoms with Crippen molar-refractivity contribution < 1.29 is 27.1 Å². The van der Waals surface area contributed by atoms with Gasteiger partial charge in [-0.1, -0.05) is 13.8 Å². The van der Waals surface area contributed by atoms with Crippen LogP contribution in [0.25, 0.3) is 0 Å². The summed E-state index contributed by atoms with van der Waals surface area (Å²) in [5, 5.41) is 8.52. The summed E-state index contributed by atoms with van der Waals surface area (Å²) in [7, 11) is -4.85. The topological polar surface area (TPSA) is 83.5 Å². The van der Waals surface area contributed by atoms with E-state index in [1.807, 2.05) is 0 Å². The maximum Gasteiger partial charge on any atom is 0.350 e. The van der Waals surface area contributed by atoms with Gasteiger partial charge in [-0.25, -0.2) is 8.42 Å². The van der Waals surface area contributed by atoms with Crippen molar-refractivity contribution in [1.29, 1.82) is 0 Å². The Labute approximate surface area is 80.2 Å². The van der Waals surface area contributed by atoms with E-state index in [-0.39, 0.29) is 0 Å². The predicted octanol–water partition coefficient (Wildman–Crippen LogP) is 0.238. The molecule has 0 aromatic heterocycles.